The van der Waals surface area contributed by atoms with Crippen molar-refractivity contribution in [3.63, 3.8) is 0 Å². The van der Waals surface area contributed by atoms with Gasteiger partial charge in [0.25, 0.3) is 0 Å². The van der Waals surface area contributed by atoms with Crippen LogP contribution in [0.2, 0.25) is 0 Å². The molecule has 0 heterocycles. The summed E-state index contributed by atoms with van der Waals surface area (Å²) in [7, 11) is 0. The molecule has 2 aliphatic carbocycles. The minimum atomic E-state index is -0.0416. The van der Waals surface area contributed by atoms with E-state index in [-0.39, 0.29) is 10.8 Å². The maximum absolute atomic E-state index is 4.01. The molecule has 0 amide bonds. The number of nitrogens with zero attached hydrogens (tertiary/aromatic N) is 1. The van der Waals surface area contributed by atoms with Gasteiger partial charge in [-0.15, -0.1) is 13.2 Å². The van der Waals surface area contributed by atoms with Crippen molar-refractivity contribution in [2.45, 2.75) is 60.3 Å². The van der Waals surface area contributed by atoms with Crippen molar-refractivity contribution in [1.82, 2.24) is 0 Å². The predicted octanol–water partition coefficient (Wildman–Crippen LogP) is 8.53. The highest BCUT2D eigenvalue weighted by atomic mass is 15.3. The molecule has 1 nitrogen and oxygen atoms in total. The maximum atomic E-state index is 4.01. The molecule has 0 bridgehead atoms. The van der Waals surface area contributed by atoms with E-state index in [1.807, 2.05) is 12.2 Å². The summed E-state index contributed by atoms with van der Waals surface area (Å²) in [5.41, 5.74) is 2.80. The first-order valence-electron chi connectivity index (χ1n) is 13.0. The van der Waals surface area contributed by atoms with Crippen LogP contribution in [0.5, 0.6) is 0 Å². The Hall–Kier alpha value is -2.12. The molecule has 0 saturated heterocycles. The number of hydrogen-bond acceptors (Lipinski definition) is 0. The van der Waals surface area contributed by atoms with Crippen molar-refractivity contribution in [3.8, 4) is 0 Å². The molecule has 0 radical (unpaired) electrons. The monoisotopic (exact) mass is 446 g/mol. The molecule has 0 spiro atoms. The third-order valence-corrected chi connectivity index (χ3v) is 7.93. The van der Waals surface area contributed by atoms with Gasteiger partial charge in [-0.25, -0.2) is 0 Å². The molecular weight excluding hydrogens is 398 g/mol. The van der Waals surface area contributed by atoms with Crippen LogP contribution in [0.1, 0.15) is 60.3 Å². The van der Waals surface area contributed by atoms with Gasteiger partial charge in [0.15, 0.2) is 0 Å². The van der Waals surface area contributed by atoms with E-state index in [1.54, 1.807) is 0 Å². The molecule has 2 rings (SSSR count). The normalized spacial score (nSPS) is 25.7. The predicted molar refractivity (Wildman–Crippen MR) is 148 cm³/mol. The fraction of sp³-hybridized carbons (Fsp3) is 0.500. The van der Waals surface area contributed by atoms with Crippen molar-refractivity contribution in [1.29, 1.82) is 0 Å². The fourth-order valence-corrected chi connectivity index (χ4v) is 4.80. The smallest absolute Gasteiger partial charge is 0.104 e. The lowest BCUT2D eigenvalue weighted by Gasteiger charge is -2.38. The van der Waals surface area contributed by atoms with Gasteiger partial charge in [-0.1, -0.05) is 86.3 Å². The van der Waals surface area contributed by atoms with Gasteiger partial charge >= 0.3 is 0 Å². The van der Waals surface area contributed by atoms with Gasteiger partial charge in [0.1, 0.15) is 6.54 Å². The van der Waals surface area contributed by atoms with E-state index < -0.39 is 0 Å². The highest BCUT2D eigenvalue weighted by molar-refractivity contribution is 5.35. The van der Waals surface area contributed by atoms with E-state index in [1.165, 1.54) is 56.5 Å². The van der Waals surface area contributed by atoms with Crippen LogP contribution in [0.4, 0.5) is 0 Å². The van der Waals surface area contributed by atoms with Crippen LogP contribution in [0.25, 0.3) is 0 Å². The maximum Gasteiger partial charge on any atom is 0.104 e. The topological polar surface area (TPSA) is 0 Å². The minimum Gasteiger partial charge on any atom is -0.320 e. The van der Waals surface area contributed by atoms with Crippen molar-refractivity contribution in [2.24, 2.45) is 16.7 Å². The van der Waals surface area contributed by atoms with E-state index in [9.17, 15) is 0 Å². The molecule has 33 heavy (non-hydrogen) atoms. The Morgan fingerprint density at radius 2 is 1.39 bits per heavy atom. The number of hydrogen-bond donors (Lipinski definition) is 0. The summed E-state index contributed by atoms with van der Waals surface area (Å²) in [6, 6.07) is 0. The minimum absolute atomic E-state index is 0.0290. The van der Waals surface area contributed by atoms with Crippen molar-refractivity contribution < 1.29 is 4.48 Å². The van der Waals surface area contributed by atoms with Crippen LogP contribution in [0, 0.1) is 16.7 Å². The van der Waals surface area contributed by atoms with Gasteiger partial charge < -0.3 is 4.48 Å². The summed E-state index contributed by atoms with van der Waals surface area (Å²) in [4.78, 5) is 0. The fourth-order valence-electron chi connectivity index (χ4n) is 4.80. The molecule has 0 aromatic rings. The number of rotatable bonds is 13. The average Bonchev–Trinajstić information content (AvgIpc) is 3.14. The lowest BCUT2D eigenvalue weighted by atomic mass is 9.89. The molecule has 0 fully saturated rings. The second kappa shape index (κ2) is 12.4. The number of quaternary nitrogens is 1. The summed E-state index contributed by atoms with van der Waals surface area (Å²) in [5, 5.41) is 0. The summed E-state index contributed by atoms with van der Waals surface area (Å²) < 4.78 is 1.16. The van der Waals surface area contributed by atoms with Crippen LogP contribution in [-0.4, -0.2) is 30.7 Å². The highest BCUT2D eigenvalue weighted by Crippen LogP contribution is 2.29. The standard InChI is InChI=1S/C32H48N/c1-8-28(26-29-16-13-21-31(6,9-2)23-19-29)18-15-25-33(11-4,12-5)27-30-17-14-22-32(7,10-3)24-20-30/h9-10,13-14,16-17,19-24,28H,2-3,8,11-12,15,18,25-27H2,1,4-7H3/q+1. The summed E-state index contributed by atoms with van der Waals surface area (Å²) in [6.07, 6.45) is 31.8. The first-order valence-corrected chi connectivity index (χ1v) is 13.0. The van der Waals surface area contributed by atoms with Crippen molar-refractivity contribution in [3.05, 3.63) is 97.2 Å². The summed E-state index contributed by atoms with van der Waals surface area (Å²) in [6.45, 7) is 24.2. The molecule has 180 valence electrons. The molecule has 0 saturated carbocycles. The molecule has 0 aromatic carbocycles. The second-order valence-corrected chi connectivity index (χ2v) is 10.5. The lowest BCUT2D eigenvalue weighted by Crippen LogP contribution is -2.49. The van der Waals surface area contributed by atoms with Crippen LogP contribution in [-0.2, 0) is 0 Å². The largest absolute Gasteiger partial charge is 0.320 e. The van der Waals surface area contributed by atoms with Gasteiger partial charge in [-0.05, 0) is 58.4 Å². The van der Waals surface area contributed by atoms with Crippen molar-refractivity contribution in [2.75, 3.05) is 26.2 Å². The summed E-state index contributed by atoms with van der Waals surface area (Å²) in [5.74, 6) is 0.742. The first-order chi connectivity index (χ1) is 15.7. The van der Waals surface area contributed by atoms with E-state index in [2.05, 4.69) is 109 Å². The zero-order chi connectivity index (χ0) is 24.4. The Labute approximate surface area is 204 Å². The number of allylic oxidation sites excluding steroid dienone is 12. The van der Waals surface area contributed by atoms with Crippen LogP contribution in [0.3, 0.4) is 0 Å². The van der Waals surface area contributed by atoms with Gasteiger partial charge in [-0.2, -0.15) is 0 Å². The zero-order valence-electron chi connectivity index (χ0n) is 22.0. The summed E-state index contributed by atoms with van der Waals surface area (Å²) >= 11 is 0. The van der Waals surface area contributed by atoms with Crippen molar-refractivity contribution >= 4 is 0 Å². The second-order valence-electron chi connectivity index (χ2n) is 10.5. The Kier molecular flexibility index (Phi) is 10.2. The molecule has 0 aliphatic heterocycles. The van der Waals surface area contributed by atoms with Gasteiger partial charge in [0, 0.05) is 16.4 Å². The Morgan fingerprint density at radius 3 is 1.91 bits per heavy atom. The quantitative estimate of drug-likeness (QED) is 0.196. The van der Waals surface area contributed by atoms with Crippen LogP contribution < -0.4 is 0 Å². The molecule has 1 heteroatoms. The van der Waals surface area contributed by atoms with E-state index >= 15 is 0 Å². The molecule has 0 aromatic heterocycles. The Bertz CT molecular complexity index is 842. The molecule has 0 N–H and O–H groups in total. The molecule has 2 aliphatic rings. The zero-order valence-corrected chi connectivity index (χ0v) is 22.0. The van der Waals surface area contributed by atoms with Gasteiger partial charge in [0.2, 0.25) is 0 Å². The molecule has 3 atom stereocenters. The lowest BCUT2D eigenvalue weighted by molar-refractivity contribution is -0.920. The third-order valence-electron chi connectivity index (χ3n) is 7.93. The molecule has 3 unspecified atom stereocenters. The third kappa shape index (κ3) is 8.00. The van der Waals surface area contributed by atoms with Crippen LogP contribution in [0.15, 0.2) is 97.2 Å². The van der Waals surface area contributed by atoms with Gasteiger partial charge in [0.05, 0.1) is 19.6 Å². The first kappa shape index (κ1) is 27.1. The Balaban J connectivity index is 1.97. The molecular formula is C32H48N+. The van der Waals surface area contributed by atoms with E-state index in [4.69, 9.17) is 0 Å². The van der Waals surface area contributed by atoms with E-state index in [0.29, 0.717) is 0 Å². The number of likely N-dealkylation sites (N-methyl/N-ethyl adjacent to an activating group) is 1. The van der Waals surface area contributed by atoms with Crippen LogP contribution >= 0.6 is 0 Å². The Morgan fingerprint density at radius 1 is 0.848 bits per heavy atom. The highest BCUT2D eigenvalue weighted by Gasteiger charge is 2.25. The average molecular weight is 447 g/mol. The SMILES string of the molecule is C=CC1(C)C=CC=C(CC(CC)CCC[N+](CC)(CC)CC2=CC=CC(C)(C=C)C=C2)C=C1. The van der Waals surface area contributed by atoms with Gasteiger partial charge in [-0.3, -0.25) is 0 Å². The van der Waals surface area contributed by atoms with E-state index in [0.717, 1.165) is 16.9 Å².